The lowest BCUT2D eigenvalue weighted by molar-refractivity contribution is -0.379. The van der Waals surface area contributed by atoms with Gasteiger partial charge in [0, 0.05) is 6.42 Å². The standard InChI is InChI=1S/C81H141NO18/c1-3-5-7-9-11-13-15-17-19-21-23-25-27-29-30-31-32-33-35-36-38-40-42-44-46-48-50-52-54-56-58-65(86)64(82-69(87)59-57-55-53-51-49-47-45-43-41-39-37-34-28-26-24-22-20-18-16-14-12-10-8-6-4-2)63-95-79-75(93)72(90)77(67(61-84)97-79)100-81-76(94)73(91)78(68(62-85)98-81)99-80-74(92)71(89)70(88)66(60-83)96-80/h6,8,12,14,18,20,24,26,34,37,41,43,47,49,56,58,64-68,70-81,83-86,88-94H,3-5,7,9-11,13,15-17,19,21-23,25,27-33,35-36,38-40,42,44-46,48,50-55,57,59-63H2,1-2H3,(H,82,87)/b8-6-,14-12-,20-18-,26-24-,37-34-,43-41-,49-47-,58-56+. The third-order valence-electron chi connectivity index (χ3n) is 19.1. The van der Waals surface area contributed by atoms with Crippen molar-refractivity contribution >= 4 is 5.91 Å². The summed E-state index contributed by atoms with van der Waals surface area (Å²) in [5.41, 5.74) is 0. The summed E-state index contributed by atoms with van der Waals surface area (Å²) < 4.78 is 34.4. The Hall–Kier alpha value is -3.29. The fourth-order valence-corrected chi connectivity index (χ4v) is 12.8. The van der Waals surface area contributed by atoms with Gasteiger partial charge in [-0.25, -0.2) is 0 Å². The van der Waals surface area contributed by atoms with Gasteiger partial charge in [-0.05, 0) is 77.0 Å². The summed E-state index contributed by atoms with van der Waals surface area (Å²) in [5, 5.41) is 121. The highest BCUT2D eigenvalue weighted by atomic mass is 16.8. The van der Waals surface area contributed by atoms with Gasteiger partial charge in [-0.15, -0.1) is 0 Å². The van der Waals surface area contributed by atoms with Crippen molar-refractivity contribution < 1.29 is 89.4 Å². The Morgan fingerprint density at radius 3 is 1.08 bits per heavy atom. The third-order valence-corrected chi connectivity index (χ3v) is 19.1. The van der Waals surface area contributed by atoms with E-state index in [4.69, 9.17) is 28.4 Å². The second-order valence-electron chi connectivity index (χ2n) is 27.8. The van der Waals surface area contributed by atoms with Crippen molar-refractivity contribution in [3.63, 3.8) is 0 Å². The van der Waals surface area contributed by atoms with Crippen LogP contribution in [0.5, 0.6) is 0 Å². The van der Waals surface area contributed by atoms with E-state index in [1.165, 1.54) is 161 Å². The van der Waals surface area contributed by atoms with Gasteiger partial charge in [0.1, 0.15) is 73.2 Å². The average Bonchev–Trinajstić information content (AvgIpc) is 0.783. The van der Waals surface area contributed by atoms with E-state index in [1.54, 1.807) is 6.08 Å². The Morgan fingerprint density at radius 2 is 0.690 bits per heavy atom. The van der Waals surface area contributed by atoms with E-state index >= 15 is 0 Å². The topological polar surface area (TPSA) is 307 Å². The van der Waals surface area contributed by atoms with Crippen LogP contribution in [-0.2, 0) is 33.2 Å². The number of hydrogen-bond acceptors (Lipinski definition) is 18. The van der Waals surface area contributed by atoms with Crippen LogP contribution in [0.25, 0.3) is 0 Å². The van der Waals surface area contributed by atoms with E-state index in [0.717, 1.165) is 89.9 Å². The van der Waals surface area contributed by atoms with Gasteiger partial charge in [-0.3, -0.25) is 4.79 Å². The fraction of sp³-hybridized carbons (Fsp3) is 0.790. The van der Waals surface area contributed by atoms with Gasteiger partial charge < -0.3 is 89.9 Å². The molecule has 0 aliphatic carbocycles. The maximum atomic E-state index is 13.5. The molecular formula is C81H141NO18. The predicted molar refractivity (Wildman–Crippen MR) is 397 cm³/mol. The van der Waals surface area contributed by atoms with Crippen LogP contribution < -0.4 is 5.32 Å². The van der Waals surface area contributed by atoms with Gasteiger partial charge in [-0.1, -0.05) is 291 Å². The zero-order valence-corrected chi connectivity index (χ0v) is 61.6. The number of nitrogens with one attached hydrogen (secondary N) is 1. The van der Waals surface area contributed by atoms with Crippen LogP contribution in [0.15, 0.2) is 97.2 Å². The van der Waals surface area contributed by atoms with Gasteiger partial charge in [0.05, 0.1) is 38.6 Å². The smallest absolute Gasteiger partial charge is 0.220 e. The van der Waals surface area contributed by atoms with Crippen molar-refractivity contribution in [1.29, 1.82) is 0 Å². The number of unbranched alkanes of at least 4 members (excludes halogenated alkanes) is 31. The minimum atomic E-state index is -1.99. The first-order chi connectivity index (χ1) is 48.8. The molecule has 578 valence electrons. The fourth-order valence-electron chi connectivity index (χ4n) is 12.8. The zero-order valence-electron chi connectivity index (χ0n) is 61.6. The Balaban J connectivity index is 1.41. The molecule has 3 aliphatic heterocycles. The number of ether oxygens (including phenoxy) is 6. The summed E-state index contributed by atoms with van der Waals surface area (Å²) in [6.07, 6.45) is 55.3. The highest BCUT2D eigenvalue weighted by molar-refractivity contribution is 5.76. The molecule has 3 fully saturated rings. The number of allylic oxidation sites excluding steroid dienone is 15. The first-order valence-corrected chi connectivity index (χ1v) is 39.5. The van der Waals surface area contributed by atoms with Gasteiger partial charge in [-0.2, -0.15) is 0 Å². The van der Waals surface area contributed by atoms with Crippen molar-refractivity contribution in [3.05, 3.63) is 97.2 Å². The SMILES string of the molecule is CC/C=C\C/C=C\C/C=C\C/C=C\C/C=C\C/C=C\C/C=C\CCCCCC(=O)NC(COC1OC(CO)C(OC2OC(CO)C(OC3OC(CO)C(O)C(O)C3O)C(O)C2O)C(O)C1O)C(O)/C=C/CCCCCCCCCCCCCCCCCCCCCCCCCCCCCC. The number of hydrogen-bond donors (Lipinski definition) is 12. The first-order valence-electron chi connectivity index (χ1n) is 39.5. The summed E-state index contributed by atoms with van der Waals surface area (Å²) in [4.78, 5) is 13.5. The van der Waals surface area contributed by atoms with Crippen LogP contribution in [0.3, 0.4) is 0 Å². The maximum Gasteiger partial charge on any atom is 0.220 e. The van der Waals surface area contributed by atoms with E-state index in [1.807, 2.05) is 6.08 Å². The van der Waals surface area contributed by atoms with Crippen LogP contribution in [0.1, 0.15) is 277 Å². The lowest BCUT2D eigenvalue weighted by Crippen LogP contribution is -2.66. The molecule has 3 heterocycles. The lowest BCUT2D eigenvalue weighted by atomic mass is 9.96. The number of amides is 1. The van der Waals surface area contributed by atoms with Gasteiger partial charge in [0.15, 0.2) is 18.9 Å². The number of rotatable bonds is 61. The lowest BCUT2D eigenvalue weighted by Gasteiger charge is -2.48. The molecule has 17 unspecified atom stereocenters. The van der Waals surface area contributed by atoms with Gasteiger partial charge >= 0.3 is 0 Å². The Kier molecular flexibility index (Phi) is 55.4. The summed E-state index contributed by atoms with van der Waals surface area (Å²) in [7, 11) is 0. The molecule has 1 amide bonds. The van der Waals surface area contributed by atoms with Crippen molar-refractivity contribution in [2.45, 2.75) is 381 Å². The molecule has 3 rings (SSSR count). The second kappa shape index (κ2) is 60.9. The zero-order chi connectivity index (χ0) is 72.5. The highest BCUT2D eigenvalue weighted by Gasteiger charge is 2.53. The van der Waals surface area contributed by atoms with Crippen LogP contribution in [0, 0.1) is 0 Å². The molecule has 0 spiro atoms. The van der Waals surface area contributed by atoms with E-state index in [-0.39, 0.29) is 18.9 Å². The van der Waals surface area contributed by atoms with E-state index < -0.39 is 124 Å². The Bertz CT molecular complexity index is 2190. The molecule has 0 saturated carbocycles. The molecule has 0 radical (unpaired) electrons. The molecule has 17 atom stereocenters. The van der Waals surface area contributed by atoms with Crippen molar-refractivity contribution in [3.8, 4) is 0 Å². The van der Waals surface area contributed by atoms with Crippen LogP contribution in [0.2, 0.25) is 0 Å². The molecule has 19 heteroatoms. The molecule has 0 bridgehead atoms. The van der Waals surface area contributed by atoms with Crippen molar-refractivity contribution in [2.75, 3.05) is 26.4 Å². The molecule has 19 nitrogen and oxygen atoms in total. The largest absolute Gasteiger partial charge is 0.394 e. The molecule has 12 N–H and O–H groups in total. The number of aliphatic hydroxyl groups excluding tert-OH is 11. The van der Waals surface area contributed by atoms with E-state index in [0.29, 0.717) is 6.42 Å². The molecule has 0 aromatic heterocycles. The molecule has 0 aromatic carbocycles. The summed E-state index contributed by atoms with van der Waals surface area (Å²) in [6.45, 7) is 1.61. The summed E-state index contributed by atoms with van der Waals surface area (Å²) in [5.74, 6) is -0.308. The van der Waals surface area contributed by atoms with E-state index in [9.17, 15) is 61.0 Å². The summed E-state index contributed by atoms with van der Waals surface area (Å²) in [6, 6.07) is -1.00. The van der Waals surface area contributed by atoms with Crippen LogP contribution >= 0.6 is 0 Å². The quantitative estimate of drug-likeness (QED) is 0.0199. The normalized spacial score (nSPS) is 27.0. The van der Waals surface area contributed by atoms with Gasteiger partial charge in [0.25, 0.3) is 0 Å². The monoisotopic (exact) mass is 1420 g/mol. The Morgan fingerprint density at radius 1 is 0.370 bits per heavy atom. The minimum absolute atomic E-state index is 0.198. The van der Waals surface area contributed by atoms with Crippen LogP contribution in [0.4, 0.5) is 0 Å². The number of carbonyl (C=O) groups is 1. The van der Waals surface area contributed by atoms with Crippen LogP contribution in [-0.4, -0.2) is 193 Å². The average molecular weight is 1420 g/mol. The molecule has 3 aliphatic rings. The molecule has 0 aromatic rings. The highest BCUT2D eigenvalue weighted by Crippen LogP contribution is 2.33. The maximum absolute atomic E-state index is 13.5. The number of aliphatic hydroxyl groups is 11. The second-order valence-corrected chi connectivity index (χ2v) is 27.8. The Labute approximate surface area is 603 Å². The molecule has 100 heavy (non-hydrogen) atoms. The minimum Gasteiger partial charge on any atom is -0.394 e. The number of carbonyl (C=O) groups excluding carboxylic acids is 1. The predicted octanol–water partition coefficient (Wildman–Crippen LogP) is 12.8. The van der Waals surface area contributed by atoms with Crippen molar-refractivity contribution in [2.24, 2.45) is 0 Å². The van der Waals surface area contributed by atoms with Gasteiger partial charge in [0.2, 0.25) is 5.91 Å². The molecular weight excluding hydrogens is 1270 g/mol. The summed E-state index contributed by atoms with van der Waals surface area (Å²) >= 11 is 0. The molecule has 3 saturated heterocycles. The first kappa shape index (κ1) is 90.9. The van der Waals surface area contributed by atoms with Crippen molar-refractivity contribution in [1.82, 2.24) is 5.32 Å². The van der Waals surface area contributed by atoms with E-state index in [2.05, 4.69) is 104 Å². The third kappa shape index (κ3) is 40.8.